The van der Waals surface area contributed by atoms with E-state index in [0.717, 1.165) is 41.0 Å². The number of nitrogens with zero attached hydrogens (tertiary/aromatic N) is 1. The topological polar surface area (TPSA) is 52.2 Å². The second-order valence-electron chi connectivity index (χ2n) is 10.1. The Morgan fingerprint density at radius 1 is 1.35 bits per heavy atom. The monoisotopic (exact) mass is 421 g/mol. The summed E-state index contributed by atoms with van der Waals surface area (Å²) in [7, 11) is 0. The Morgan fingerprint density at radius 3 is 2.68 bits per heavy atom. The molecule has 0 saturated heterocycles. The van der Waals surface area contributed by atoms with Gasteiger partial charge in [-0.05, 0) is 42.7 Å². The van der Waals surface area contributed by atoms with Crippen LogP contribution in [0.1, 0.15) is 69.4 Å². The average Bonchev–Trinajstić information content (AvgIpc) is 3.50. The lowest BCUT2D eigenvalue weighted by molar-refractivity contribution is 0.102. The number of allylic oxidation sites excluding steroid dienone is 1. The standard InChI is InChI=1S/C26H26FNO3.H2/c1-6-19(29)18-13-28-21(20(27)22(18)30)24-17(12-26(28,5)25(2,3)4)16-9-7-8-15(14-10-11-14)23(16)31-24;/h6-9,13-14H,1,10-12H2,2-5H3;1H/t26-;/m0./s1. The first-order chi connectivity index (χ1) is 14.6. The summed E-state index contributed by atoms with van der Waals surface area (Å²) in [5.41, 5.74) is 0.987. The maximum absolute atomic E-state index is 15.7. The van der Waals surface area contributed by atoms with Crippen molar-refractivity contribution in [1.29, 1.82) is 0 Å². The highest BCUT2D eigenvalue weighted by Gasteiger charge is 2.47. The Balaban J connectivity index is 0.00000245. The lowest BCUT2D eigenvalue weighted by atomic mass is 9.69. The van der Waals surface area contributed by atoms with Gasteiger partial charge < -0.3 is 8.98 Å². The number of hydrogen-bond acceptors (Lipinski definition) is 3. The van der Waals surface area contributed by atoms with Crippen LogP contribution in [0.5, 0.6) is 0 Å². The van der Waals surface area contributed by atoms with Crippen LogP contribution in [0.2, 0.25) is 0 Å². The lowest BCUT2D eigenvalue weighted by Crippen LogP contribution is -2.48. The van der Waals surface area contributed by atoms with Gasteiger partial charge in [0, 0.05) is 25.0 Å². The molecular formula is C26H28FNO3. The zero-order chi connectivity index (χ0) is 22.3. The first-order valence-corrected chi connectivity index (χ1v) is 10.8. The third-order valence-corrected chi connectivity index (χ3v) is 7.35. The molecule has 1 atom stereocenters. The molecule has 3 heterocycles. The number of halogens is 1. The van der Waals surface area contributed by atoms with Crippen LogP contribution in [0, 0.1) is 11.2 Å². The molecule has 1 saturated carbocycles. The van der Waals surface area contributed by atoms with Gasteiger partial charge in [0.05, 0.1) is 11.1 Å². The molecule has 162 valence electrons. The molecule has 1 aliphatic carbocycles. The summed E-state index contributed by atoms with van der Waals surface area (Å²) in [6.45, 7) is 11.8. The minimum absolute atomic E-state index is 0. The first kappa shape index (κ1) is 20.0. The summed E-state index contributed by atoms with van der Waals surface area (Å²) in [5, 5.41) is 0.985. The van der Waals surface area contributed by atoms with Crippen molar-refractivity contribution in [2.24, 2.45) is 5.41 Å². The Labute approximate surface area is 181 Å². The number of aromatic nitrogens is 1. The molecule has 0 radical (unpaired) electrons. The normalized spacial score (nSPS) is 20.4. The average molecular weight is 422 g/mol. The fourth-order valence-electron chi connectivity index (χ4n) is 4.80. The Kier molecular flexibility index (Phi) is 4.05. The molecule has 1 aromatic carbocycles. The zero-order valence-electron chi connectivity index (χ0n) is 18.3. The van der Waals surface area contributed by atoms with Gasteiger partial charge in [0.1, 0.15) is 11.3 Å². The van der Waals surface area contributed by atoms with Crippen molar-refractivity contribution < 1.29 is 15.0 Å². The molecule has 1 aliphatic heterocycles. The van der Waals surface area contributed by atoms with Crippen LogP contribution < -0.4 is 5.43 Å². The molecule has 0 spiro atoms. The van der Waals surface area contributed by atoms with E-state index < -0.39 is 22.6 Å². The smallest absolute Gasteiger partial charge is 0.229 e. The molecular weight excluding hydrogens is 393 g/mol. The highest BCUT2D eigenvalue weighted by atomic mass is 19.1. The predicted octanol–water partition coefficient (Wildman–Crippen LogP) is 6.21. The van der Waals surface area contributed by atoms with Crippen LogP contribution in [-0.2, 0) is 12.0 Å². The molecule has 3 aromatic rings. The van der Waals surface area contributed by atoms with Gasteiger partial charge in [0.2, 0.25) is 5.43 Å². The number of benzene rings is 1. The van der Waals surface area contributed by atoms with Crippen molar-refractivity contribution in [2.75, 3.05) is 0 Å². The first-order valence-electron chi connectivity index (χ1n) is 10.8. The van der Waals surface area contributed by atoms with Crippen LogP contribution in [0.4, 0.5) is 4.39 Å². The number of ketones is 1. The Bertz CT molecular complexity index is 1340. The molecule has 2 aromatic heterocycles. The maximum Gasteiger partial charge on any atom is 0.229 e. The van der Waals surface area contributed by atoms with E-state index in [0.29, 0.717) is 18.1 Å². The molecule has 0 N–H and O–H groups in total. The van der Waals surface area contributed by atoms with Crippen LogP contribution >= 0.6 is 0 Å². The van der Waals surface area contributed by atoms with Gasteiger partial charge in [-0.25, -0.2) is 4.39 Å². The predicted molar refractivity (Wildman–Crippen MR) is 121 cm³/mol. The summed E-state index contributed by atoms with van der Waals surface area (Å²) >= 11 is 0. The number of carbonyl (C=O) groups excluding carboxylic acids is 1. The van der Waals surface area contributed by atoms with E-state index in [1.54, 1.807) is 4.57 Å². The molecule has 0 bridgehead atoms. The van der Waals surface area contributed by atoms with Gasteiger partial charge in [-0.1, -0.05) is 45.5 Å². The van der Waals surface area contributed by atoms with Gasteiger partial charge in [0.15, 0.2) is 17.4 Å². The number of pyridine rings is 1. The molecule has 0 unspecified atom stereocenters. The molecule has 2 aliphatic rings. The molecule has 4 nitrogen and oxygen atoms in total. The summed E-state index contributed by atoms with van der Waals surface area (Å²) in [6, 6.07) is 6.13. The number of fused-ring (bicyclic) bond motifs is 5. The molecule has 31 heavy (non-hydrogen) atoms. The Morgan fingerprint density at radius 2 is 2.06 bits per heavy atom. The van der Waals surface area contributed by atoms with Crippen LogP contribution in [0.15, 0.2) is 46.3 Å². The fourth-order valence-corrected chi connectivity index (χ4v) is 4.80. The largest absolute Gasteiger partial charge is 0.454 e. The van der Waals surface area contributed by atoms with Crippen molar-refractivity contribution in [3.63, 3.8) is 0 Å². The lowest BCUT2D eigenvalue weighted by Gasteiger charge is -2.47. The maximum atomic E-state index is 15.7. The van der Waals surface area contributed by atoms with Crippen molar-refractivity contribution in [3.05, 3.63) is 69.8 Å². The van der Waals surface area contributed by atoms with Crippen LogP contribution in [0.3, 0.4) is 0 Å². The van der Waals surface area contributed by atoms with Crippen LogP contribution in [0.25, 0.3) is 22.4 Å². The van der Waals surface area contributed by atoms with Crippen molar-refractivity contribution >= 4 is 16.8 Å². The zero-order valence-corrected chi connectivity index (χ0v) is 18.3. The molecule has 5 heteroatoms. The molecule has 0 amide bonds. The highest BCUT2D eigenvalue weighted by Crippen LogP contribution is 2.52. The third-order valence-electron chi connectivity index (χ3n) is 7.35. The third kappa shape index (κ3) is 2.65. The van der Waals surface area contributed by atoms with E-state index in [1.165, 1.54) is 6.20 Å². The van der Waals surface area contributed by atoms with Crippen LogP contribution in [-0.4, -0.2) is 10.4 Å². The van der Waals surface area contributed by atoms with Gasteiger partial charge in [0.25, 0.3) is 0 Å². The van der Waals surface area contributed by atoms with E-state index in [2.05, 4.69) is 40.3 Å². The Hall–Kier alpha value is -2.95. The summed E-state index contributed by atoms with van der Waals surface area (Å²) in [5.74, 6) is -0.653. The summed E-state index contributed by atoms with van der Waals surface area (Å²) in [6.07, 6.45) is 5.40. The molecule has 1 fully saturated rings. The van der Waals surface area contributed by atoms with E-state index in [4.69, 9.17) is 4.42 Å². The fraction of sp³-hybridized carbons (Fsp3) is 0.385. The highest BCUT2D eigenvalue weighted by molar-refractivity contribution is 6.04. The quantitative estimate of drug-likeness (QED) is 0.373. The second-order valence-corrected chi connectivity index (χ2v) is 10.1. The van der Waals surface area contributed by atoms with E-state index in [9.17, 15) is 9.59 Å². The van der Waals surface area contributed by atoms with E-state index in [-0.39, 0.29) is 18.1 Å². The molecule has 5 rings (SSSR count). The van der Waals surface area contributed by atoms with Crippen molar-refractivity contribution in [2.45, 2.75) is 58.4 Å². The number of furan rings is 1. The minimum Gasteiger partial charge on any atom is -0.454 e. The number of carbonyl (C=O) groups is 1. The van der Waals surface area contributed by atoms with E-state index >= 15 is 4.39 Å². The SMILES string of the molecule is C=CC(=O)c1cn2c(c(F)c1=O)-c1oc3c(C4CC4)cccc3c1C[C@@]2(C)C(C)(C)C.[HH]. The van der Waals surface area contributed by atoms with Gasteiger partial charge in [-0.15, -0.1) is 0 Å². The van der Waals surface area contributed by atoms with Crippen molar-refractivity contribution in [3.8, 4) is 11.5 Å². The summed E-state index contributed by atoms with van der Waals surface area (Å²) in [4.78, 5) is 25.1. The number of hydrogen-bond donors (Lipinski definition) is 0. The second kappa shape index (κ2) is 6.28. The van der Waals surface area contributed by atoms with E-state index in [1.807, 2.05) is 12.1 Å². The summed E-state index contributed by atoms with van der Waals surface area (Å²) < 4.78 is 23.7. The van der Waals surface area contributed by atoms with Gasteiger partial charge in [-0.2, -0.15) is 0 Å². The van der Waals surface area contributed by atoms with Crippen molar-refractivity contribution in [1.82, 2.24) is 4.57 Å². The number of para-hydroxylation sites is 1. The number of rotatable bonds is 3. The van der Waals surface area contributed by atoms with Gasteiger partial charge in [-0.3, -0.25) is 9.59 Å². The van der Waals surface area contributed by atoms with Gasteiger partial charge >= 0.3 is 0 Å². The minimum atomic E-state index is -0.948.